The summed E-state index contributed by atoms with van der Waals surface area (Å²) in [6.45, 7) is 1.40. The fraction of sp³-hybridized carbons (Fsp3) is 0.389. The zero-order chi connectivity index (χ0) is 24.4. The summed E-state index contributed by atoms with van der Waals surface area (Å²) in [6, 6.07) is 5.02. The lowest BCUT2D eigenvalue weighted by molar-refractivity contribution is -0.184. The van der Waals surface area contributed by atoms with Gasteiger partial charge >= 0.3 is 7.82 Å². The van der Waals surface area contributed by atoms with Crippen molar-refractivity contribution in [2.24, 2.45) is 0 Å². The molecule has 0 radical (unpaired) electrons. The number of hydrogen-bond donors (Lipinski definition) is 2. The maximum Gasteiger partial charge on any atom is 0.530 e. The van der Waals surface area contributed by atoms with Gasteiger partial charge in [-0.25, -0.2) is 8.96 Å². The van der Waals surface area contributed by atoms with Crippen LogP contribution in [0.1, 0.15) is 21.7 Å². The predicted octanol–water partition coefficient (Wildman–Crippen LogP) is 2.79. The molecule has 1 unspecified atom stereocenters. The number of phosphoric acid groups is 1. The minimum atomic E-state index is -4.67. The number of ether oxygens (including phenoxy) is 1. The van der Waals surface area contributed by atoms with Crippen LogP contribution >= 0.6 is 19.4 Å². The van der Waals surface area contributed by atoms with Gasteiger partial charge in [0, 0.05) is 18.2 Å². The van der Waals surface area contributed by atoms with Gasteiger partial charge in [0.1, 0.15) is 29.3 Å². The molecule has 3 aliphatic rings. The van der Waals surface area contributed by atoms with Crippen LogP contribution in [-0.4, -0.2) is 40.6 Å². The zero-order valence-electron chi connectivity index (χ0n) is 18.6. The number of para-hydroxylation sites is 1. The van der Waals surface area contributed by atoms with Crippen molar-refractivity contribution < 1.29 is 41.3 Å². The number of amides is 1. The topological polar surface area (TPSA) is 107 Å². The highest BCUT2D eigenvalue weighted by Gasteiger charge is 2.51. The molecule has 0 bridgehead atoms. The van der Waals surface area contributed by atoms with Crippen LogP contribution < -0.4 is 9.84 Å². The van der Waals surface area contributed by atoms with Crippen molar-refractivity contribution in [2.45, 2.75) is 38.1 Å². The normalized spacial score (nSPS) is 38.0. The van der Waals surface area contributed by atoms with Crippen LogP contribution in [0.3, 0.4) is 0 Å². The van der Waals surface area contributed by atoms with E-state index in [1.165, 1.54) is 0 Å². The van der Waals surface area contributed by atoms with Crippen molar-refractivity contribution in [3.05, 3.63) is 53.0 Å². The summed E-state index contributed by atoms with van der Waals surface area (Å²) in [5.41, 5.74) is 1.11. The highest BCUT2D eigenvalue weighted by molar-refractivity contribution is 7.49. The molecule has 1 saturated heterocycles. The second-order valence-electron chi connectivity index (χ2n) is 6.70. The molecule has 3 aliphatic heterocycles. The highest BCUT2D eigenvalue weighted by atomic mass is 35.5. The van der Waals surface area contributed by atoms with Crippen LogP contribution in [0, 0.1) is 6.92 Å². The Kier molecular flexibility index (Phi) is 4.51. The third-order valence-electron chi connectivity index (χ3n) is 4.44. The third-order valence-corrected chi connectivity index (χ3v) is 5.87. The molecule has 30 heavy (non-hydrogen) atoms. The molecular formula is C18H19ClFN2O7P. The number of rotatable bonds is 4. The largest absolute Gasteiger partial charge is 0.530 e. The quantitative estimate of drug-likeness (QED) is 0.657. The Hall–Kier alpha value is -1.94. The van der Waals surface area contributed by atoms with Gasteiger partial charge in [0.15, 0.2) is 6.20 Å². The van der Waals surface area contributed by atoms with Crippen LogP contribution in [0.2, 0.25) is 0 Å². The Labute approximate surface area is 180 Å². The van der Waals surface area contributed by atoms with Crippen molar-refractivity contribution in [2.75, 3.05) is 6.56 Å². The molecule has 3 heterocycles. The fourth-order valence-corrected chi connectivity index (χ4v) is 4.31. The second-order valence-corrected chi connectivity index (χ2v) is 8.63. The first-order valence-corrected chi connectivity index (χ1v) is 10.5. The average molecular weight is 464 g/mol. The molecule has 1 amide bonds. The number of benzene rings is 1. The van der Waals surface area contributed by atoms with Gasteiger partial charge in [-0.15, -0.1) is 0 Å². The molecule has 0 aliphatic carbocycles. The Balaban J connectivity index is 1.60. The third kappa shape index (κ3) is 3.99. The van der Waals surface area contributed by atoms with E-state index >= 15 is 4.39 Å². The van der Waals surface area contributed by atoms with Gasteiger partial charge < -0.3 is 24.6 Å². The van der Waals surface area contributed by atoms with E-state index in [-0.39, 0.29) is 18.2 Å². The lowest BCUT2D eigenvalue weighted by atomic mass is 10.1. The molecule has 12 heteroatoms. The number of hydrogen-bond acceptors (Lipinski definition) is 8. The fourth-order valence-electron chi connectivity index (χ4n) is 2.99. The van der Waals surface area contributed by atoms with Gasteiger partial charge in [-0.1, -0.05) is 36.4 Å². The van der Waals surface area contributed by atoms with Crippen LogP contribution in [0.25, 0.3) is 0 Å². The number of carbonyl (C=O) groups is 1. The van der Waals surface area contributed by atoms with Crippen molar-refractivity contribution in [3.63, 3.8) is 0 Å². The van der Waals surface area contributed by atoms with Crippen LogP contribution in [-0.2, 0) is 29.8 Å². The van der Waals surface area contributed by atoms with Gasteiger partial charge in [-0.2, -0.15) is 0 Å². The Morgan fingerprint density at radius 3 is 3.17 bits per heavy atom. The lowest BCUT2D eigenvalue weighted by Gasteiger charge is -2.33. The molecule has 0 spiro atoms. The summed E-state index contributed by atoms with van der Waals surface area (Å²) in [7, 11) is -4.67. The molecule has 0 saturated carbocycles. The van der Waals surface area contributed by atoms with E-state index < -0.39 is 49.9 Å². The summed E-state index contributed by atoms with van der Waals surface area (Å²) in [6.07, 6.45) is -4.91. The number of carbonyl (C=O) groups excluding carboxylic acids is 1. The molecule has 4 rings (SSSR count). The maximum atomic E-state index is 15.8. The summed E-state index contributed by atoms with van der Waals surface area (Å²) in [5, 5.41) is 12.2. The number of alkyl halides is 1. The van der Waals surface area contributed by atoms with Crippen molar-refractivity contribution in [3.8, 4) is 5.75 Å². The van der Waals surface area contributed by atoms with E-state index in [0.29, 0.717) is 11.1 Å². The zero-order valence-corrected chi connectivity index (χ0v) is 17.2. The monoisotopic (exact) mass is 463 g/mol. The molecular weight excluding hydrogens is 442 g/mol. The van der Waals surface area contributed by atoms with Gasteiger partial charge in [0.2, 0.25) is 5.85 Å². The lowest BCUT2D eigenvalue weighted by Crippen LogP contribution is -2.46. The molecule has 2 N–H and O–H groups in total. The molecule has 162 valence electrons. The van der Waals surface area contributed by atoms with Gasteiger partial charge in [0.05, 0.1) is 10.7 Å². The number of fused-ring (bicyclic) bond motifs is 1. The van der Waals surface area contributed by atoms with Crippen molar-refractivity contribution >= 4 is 25.3 Å². The second kappa shape index (κ2) is 7.64. The molecule has 1 aromatic rings. The number of halogens is 2. The van der Waals surface area contributed by atoms with Gasteiger partial charge in [-0.05, 0) is 12.5 Å². The summed E-state index contributed by atoms with van der Waals surface area (Å²) < 4.78 is 73.6. The predicted molar refractivity (Wildman–Crippen MR) is 103 cm³/mol. The smallest absolute Gasteiger partial charge is 0.403 e. The van der Waals surface area contributed by atoms with Gasteiger partial charge in [0.25, 0.3) is 5.91 Å². The molecule has 0 aromatic heterocycles. The van der Waals surface area contributed by atoms with E-state index in [9.17, 15) is 14.5 Å². The van der Waals surface area contributed by atoms with E-state index in [2.05, 4.69) is 11.9 Å². The van der Waals surface area contributed by atoms with Crippen LogP contribution in [0.5, 0.6) is 5.75 Å². The minimum Gasteiger partial charge on any atom is -0.403 e. The Bertz CT molecular complexity index is 1120. The number of aliphatic hydroxyl groups excluding tert-OH is 1. The van der Waals surface area contributed by atoms with Crippen LogP contribution in [0.4, 0.5) is 4.39 Å². The number of nitrogens with one attached hydrogen (secondary N) is 1. The Morgan fingerprint density at radius 1 is 1.63 bits per heavy atom. The van der Waals surface area contributed by atoms with Crippen molar-refractivity contribution in [1.82, 2.24) is 10.2 Å². The van der Waals surface area contributed by atoms with Crippen molar-refractivity contribution in [1.29, 1.82) is 0 Å². The number of nitrogens with zero attached hydrogens (tertiary/aromatic N) is 1. The number of aliphatic hydroxyl groups is 1. The average Bonchev–Trinajstić information content (AvgIpc) is 2.95. The maximum absolute atomic E-state index is 15.8. The molecule has 1 fully saturated rings. The SMILES string of the molecule is [2H]C([2H])(OP1(=O)OCc2cccc(C)c2O1)[C@]1(F)C[C@@H](O)[C@]([2H])(N2C=C(Cl)C(=O)NC2=C)O1. The summed E-state index contributed by atoms with van der Waals surface area (Å²) >= 11 is 5.76. The first-order chi connectivity index (χ1) is 15.2. The van der Waals surface area contributed by atoms with E-state index in [0.717, 1.165) is 11.1 Å². The first-order valence-electron chi connectivity index (χ1n) is 10.2. The highest BCUT2D eigenvalue weighted by Crippen LogP contribution is 2.56. The number of phosphoric ester groups is 1. The van der Waals surface area contributed by atoms with E-state index in [1.54, 1.807) is 25.1 Å². The molecule has 4 atom stereocenters. The minimum absolute atomic E-state index is 0.151. The van der Waals surface area contributed by atoms with Crippen LogP contribution in [0.15, 0.2) is 41.8 Å². The van der Waals surface area contributed by atoms with E-state index in [1.807, 2.05) is 0 Å². The summed E-state index contributed by atoms with van der Waals surface area (Å²) in [5.74, 6) is -4.37. The van der Waals surface area contributed by atoms with Gasteiger partial charge in [-0.3, -0.25) is 13.8 Å². The number of aryl methyl sites for hydroxylation is 1. The molecule has 9 nitrogen and oxygen atoms in total. The first kappa shape index (κ1) is 17.7. The Morgan fingerprint density at radius 2 is 2.40 bits per heavy atom. The standard InChI is InChI=1S/C18H19ClFN2O7P/c1-10-4-3-5-12-8-26-30(25,29-15(10)12)27-9-18(20)6-14(23)17(28-18)22-7-13(19)16(24)21-11(22)2/h3-5,7,14,17,23H,2,6,8-9H2,1H3,(H,21,24)/t14-,17-,18+,30?/m1/s1/i9D2,17D. The summed E-state index contributed by atoms with van der Waals surface area (Å²) in [4.78, 5) is 12.4. The molecule has 1 aromatic carbocycles. The van der Waals surface area contributed by atoms with E-state index in [4.69, 9.17) is 34.0 Å².